The second-order valence-electron chi connectivity index (χ2n) is 25.7. The third-order valence-corrected chi connectivity index (χ3v) is 19.0. The summed E-state index contributed by atoms with van der Waals surface area (Å²) in [5, 5.41) is 0. The Bertz CT molecular complexity index is 4210. The summed E-state index contributed by atoms with van der Waals surface area (Å²) in [5.74, 6) is 0. The summed E-state index contributed by atoms with van der Waals surface area (Å²) < 4.78 is 555. The summed E-state index contributed by atoms with van der Waals surface area (Å²) in [7, 11) is 0. The van der Waals surface area contributed by atoms with Gasteiger partial charge in [-0.05, 0) is 105 Å². The summed E-state index contributed by atoms with van der Waals surface area (Å²) in [4.78, 5) is 2.94. The van der Waals surface area contributed by atoms with Gasteiger partial charge in [0, 0.05) is 44.7 Å². The molecule has 0 atom stereocenters. The van der Waals surface area contributed by atoms with E-state index in [0.29, 0.717) is 72.8 Å². The third-order valence-electron chi connectivity index (χ3n) is 19.0. The number of anilines is 6. The van der Waals surface area contributed by atoms with Crippen molar-refractivity contribution in [1.82, 2.24) is 9.97 Å². The number of pyridine rings is 2. The van der Waals surface area contributed by atoms with Crippen LogP contribution in [0.5, 0.6) is 0 Å². The molecule has 582 valence electrons. The molecule has 4 nitrogen and oxygen atoms in total. The van der Waals surface area contributed by atoms with Crippen LogP contribution in [0.25, 0.3) is 33.4 Å². The van der Waals surface area contributed by atoms with Crippen LogP contribution < -0.4 is 9.80 Å². The summed E-state index contributed by atoms with van der Waals surface area (Å²) in [6, 6.07) is 14.1. The van der Waals surface area contributed by atoms with Crippen LogP contribution in [0.15, 0.2) is 158 Å². The van der Waals surface area contributed by atoms with Gasteiger partial charge in [-0.2, -0.15) is 158 Å². The van der Waals surface area contributed by atoms with Gasteiger partial charge in [-0.25, -0.2) is 0 Å². The Morgan fingerprint density at radius 1 is 0.213 bits per heavy atom. The van der Waals surface area contributed by atoms with Crippen LogP contribution in [0.1, 0.15) is 72.7 Å². The fraction of sp³-hybridized carbons (Fsp3) is 0.324. The Labute approximate surface area is 581 Å². The molecule has 2 aliphatic carbocycles. The average Bonchev–Trinajstić information content (AvgIpc) is 0.852. The van der Waals surface area contributed by atoms with E-state index < -0.39 is 199 Å². The zero-order chi connectivity index (χ0) is 81.5. The Morgan fingerprint density at radius 3 is 0.630 bits per heavy atom. The standard InChI is InChI=1S/C68H38F36N4/c1-51(2)41-17-9-5-13-35(41)37-23-21-31(25-43(37)51)107(33-27-47(53(57(69,70)71,58(72,73)74)59(75,76)77)105-48(28-33)54(60(78,79)80,61(81,82)83)62(84,85)86)45-19-11-7-15-39(45)40-16-8-12-20-46(40)108(32-22-24-38-36-14-6-10-18-42(36)52(3,4)44(38)26-32)34-29-49(55(63(87,88)89,64(90,91)92)65(93,94)95)106-50(30-34)56(66(96,97)98,67(99,100)101)68(102,103)104/h5-30H,1-4H3. The molecule has 8 aromatic rings. The minimum Gasteiger partial charge on any atom is -0.310 e. The van der Waals surface area contributed by atoms with E-state index in [9.17, 15) is 0 Å². The summed E-state index contributed by atoms with van der Waals surface area (Å²) >= 11 is 0. The van der Waals surface area contributed by atoms with Gasteiger partial charge in [-0.3, -0.25) is 9.97 Å². The maximum atomic E-state index is 15.4. The smallest absolute Gasteiger partial charge is 0.310 e. The summed E-state index contributed by atoms with van der Waals surface area (Å²) in [6.45, 7) is 5.23. The number of rotatable bonds is 11. The van der Waals surface area contributed by atoms with Crippen molar-refractivity contribution < 1.29 is 158 Å². The van der Waals surface area contributed by atoms with Crippen LogP contribution >= 0.6 is 0 Å². The highest BCUT2D eigenvalue weighted by atomic mass is 19.5. The first kappa shape index (κ1) is 81.2. The highest BCUT2D eigenvalue weighted by Crippen LogP contribution is 2.68. The molecular formula is C68H38F36N4. The normalized spacial score (nSPS) is 15.7. The van der Waals surface area contributed by atoms with Gasteiger partial charge in [0.25, 0.3) is 21.7 Å². The van der Waals surface area contributed by atoms with Crippen LogP contribution in [0.2, 0.25) is 0 Å². The summed E-state index contributed by atoms with van der Waals surface area (Å²) in [5.41, 5.74) is -64.9. The molecular weight excluding hydrogens is 1560 g/mol. The molecule has 0 spiro atoms. The number of hydrogen-bond acceptors (Lipinski definition) is 4. The van der Waals surface area contributed by atoms with Crippen LogP contribution in [-0.4, -0.2) is 84.1 Å². The second kappa shape index (κ2) is 24.6. The van der Waals surface area contributed by atoms with E-state index >= 15 is 158 Å². The van der Waals surface area contributed by atoms with Crippen molar-refractivity contribution in [3.8, 4) is 33.4 Å². The van der Waals surface area contributed by atoms with Gasteiger partial charge in [0.1, 0.15) is 0 Å². The van der Waals surface area contributed by atoms with Crippen molar-refractivity contribution in [1.29, 1.82) is 0 Å². The molecule has 40 heteroatoms. The number of alkyl halides is 36. The van der Waals surface area contributed by atoms with Gasteiger partial charge >= 0.3 is 74.1 Å². The van der Waals surface area contributed by atoms with E-state index in [4.69, 9.17) is 0 Å². The molecule has 0 bridgehead atoms. The quantitative estimate of drug-likeness (QED) is 0.121. The average molecular weight is 1600 g/mol. The number of benzene rings is 6. The molecule has 0 aliphatic heterocycles. The SMILES string of the molecule is CC1(C)c2ccccc2-c2ccc(N(c3cc(C(C(F)(F)F)(C(F)(F)F)C(F)(F)F)nc(C(C(F)(F)F)(C(F)(F)F)C(F)(F)F)c3)c3ccccc3-c3ccccc3N(c3cc(C(C(F)(F)F)(C(F)(F)F)C(F)(F)F)nc(C(C(F)(F)F)(C(F)(F)F)C(F)(F)F)c3)c3ccc4c(c3)C(C)(C)c3ccccc3-4)cc21. The monoisotopic (exact) mass is 1590 g/mol. The molecule has 2 heterocycles. The minimum absolute atomic E-state index is 0.0203. The Morgan fingerprint density at radius 2 is 0.407 bits per heavy atom. The van der Waals surface area contributed by atoms with Crippen molar-refractivity contribution in [3.63, 3.8) is 0 Å². The predicted octanol–water partition coefficient (Wildman–Crippen LogP) is 25.4. The molecule has 0 radical (unpaired) electrons. The first-order valence-electron chi connectivity index (χ1n) is 29.9. The topological polar surface area (TPSA) is 32.3 Å². The lowest BCUT2D eigenvalue weighted by molar-refractivity contribution is -0.393. The van der Waals surface area contributed by atoms with Crippen LogP contribution in [0.4, 0.5) is 192 Å². The number of nitrogens with zero attached hydrogens (tertiary/aromatic N) is 4. The Balaban J connectivity index is 1.46. The predicted molar refractivity (Wildman–Crippen MR) is 311 cm³/mol. The fourth-order valence-electron chi connectivity index (χ4n) is 14.0. The van der Waals surface area contributed by atoms with Crippen LogP contribution in [0, 0.1) is 0 Å². The zero-order valence-corrected chi connectivity index (χ0v) is 53.4. The van der Waals surface area contributed by atoms with E-state index in [1.807, 2.05) is 0 Å². The molecule has 0 saturated carbocycles. The van der Waals surface area contributed by atoms with Gasteiger partial charge < -0.3 is 9.80 Å². The first-order chi connectivity index (χ1) is 48.7. The second-order valence-corrected chi connectivity index (χ2v) is 25.7. The summed E-state index contributed by atoms with van der Waals surface area (Å²) in [6.07, 6.45) is -98.8. The molecule has 2 aromatic heterocycles. The number of para-hydroxylation sites is 2. The molecule has 6 aromatic carbocycles. The maximum Gasteiger partial charge on any atom is 0.417 e. The lowest BCUT2D eigenvalue weighted by atomic mass is 9.77. The molecule has 0 unspecified atom stereocenters. The number of hydrogen-bond donors (Lipinski definition) is 0. The van der Waals surface area contributed by atoms with Gasteiger partial charge in [0.05, 0.1) is 34.2 Å². The molecule has 0 N–H and O–H groups in total. The first-order valence-corrected chi connectivity index (χ1v) is 29.9. The minimum atomic E-state index is -8.24. The maximum absolute atomic E-state index is 15.4. The van der Waals surface area contributed by atoms with Crippen LogP contribution in [0.3, 0.4) is 0 Å². The van der Waals surface area contributed by atoms with E-state index in [1.54, 1.807) is 9.97 Å². The highest BCUT2D eigenvalue weighted by molar-refractivity contribution is 5.97. The molecule has 0 saturated heterocycles. The van der Waals surface area contributed by atoms with Gasteiger partial charge in [0.15, 0.2) is 0 Å². The molecule has 2 aliphatic rings. The molecule has 0 fully saturated rings. The Kier molecular flexibility index (Phi) is 18.5. The number of aromatic nitrogens is 2. The zero-order valence-electron chi connectivity index (χ0n) is 53.4. The van der Waals surface area contributed by atoms with E-state index in [2.05, 4.69) is 0 Å². The van der Waals surface area contributed by atoms with E-state index in [-0.39, 0.29) is 54.3 Å². The third kappa shape index (κ3) is 11.6. The molecule has 0 amide bonds. The number of halogens is 36. The lowest BCUT2D eigenvalue weighted by Crippen LogP contribution is -2.65. The van der Waals surface area contributed by atoms with Gasteiger partial charge in [-0.15, -0.1) is 0 Å². The van der Waals surface area contributed by atoms with Gasteiger partial charge in [-0.1, -0.05) is 125 Å². The number of fused-ring (bicyclic) bond motifs is 6. The van der Waals surface area contributed by atoms with Crippen LogP contribution in [-0.2, 0) is 32.5 Å². The van der Waals surface area contributed by atoms with E-state index in [1.165, 1.54) is 76.2 Å². The van der Waals surface area contributed by atoms with Crippen molar-refractivity contribution in [2.45, 2.75) is 134 Å². The van der Waals surface area contributed by atoms with Crippen molar-refractivity contribution >= 4 is 34.1 Å². The molecule has 108 heavy (non-hydrogen) atoms. The highest BCUT2D eigenvalue weighted by Gasteiger charge is 2.90. The van der Waals surface area contributed by atoms with E-state index in [0.717, 1.165) is 12.1 Å². The van der Waals surface area contributed by atoms with Crippen molar-refractivity contribution in [2.75, 3.05) is 9.80 Å². The van der Waals surface area contributed by atoms with Crippen molar-refractivity contribution in [3.05, 3.63) is 203 Å². The molecule has 10 rings (SSSR count). The Hall–Kier alpha value is -9.30. The lowest BCUT2D eigenvalue weighted by Gasteiger charge is -2.42. The van der Waals surface area contributed by atoms with Gasteiger partial charge in [0.2, 0.25) is 0 Å². The van der Waals surface area contributed by atoms with Crippen molar-refractivity contribution in [2.24, 2.45) is 0 Å². The largest absolute Gasteiger partial charge is 0.417 e. The fourth-order valence-corrected chi connectivity index (χ4v) is 14.0.